The van der Waals surface area contributed by atoms with Gasteiger partial charge in [0.2, 0.25) is 0 Å². The minimum atomic E-state index is -0.291. The molecule has 0 fully saturated rings. The van der Waals surface area contributed by atoms with Gasteiger partial charge in [-0.3, -0.25) is 14.6 Å². The average Bonchev–Trinajstić information content (AvgIpc) is 2.65. The Balaban J connectivity index is 1.73. The third-order valence-electron chi connectivity index (χ3n) is 3.74. The second-order valence-electron chi connectivity index (χ2n) is 5.69. The van der Waals surface area contributed by atoms with Crippen LogP contribution in [0.3, 0.4) is 0 Å². The van der Waals surface area contributed by atoms with Crippen molar-refractivity contribution in [2.45, 2.75) is 6.92 Å². The Morgan fingerprint density at radius 2 is 1.58 bits per heavy atom. The molecule has 0 saturated heterocycles. The van der Waals surface area contributed by atoms with Gasteiger partial charge in [0.05, 0.1) is 5.56 Å². The van der Waals surface area contributed by atoms with E-state index in [1.165, 1.54) is 6.20 Å². The van der Waals surface area contributed by atoms with E-state index in [0.717, 1.165) is 5.56 Å². The van der Waals surface area contributed by atoms with Crippen LogP contribution in [0.1, 0.15) is 26.3 Å². The minimum absolute atomic E-state index is 0.289. The summed E-state index contributed by atoms with van der Waals surface area (Å²) in [5.74, 6) is -0.580. The SMILES string of the molecule is Cc1ccc(NC(=O)c2cccc(NC(=O)c3cccnc3)c2)cc1Cl. The number of nitrogens with one attached hydrogen (secondary N) is 2. The van der Waals surface area contributed by atoms with Crippen molar-refractivity contribution in [2.75, 3.05) is 10.6 Å². The maximum Gasteiger partial charge on any atom is 0.257 e. The van der Waals surface area contributed by atoms with Crippen LogP contribution in [0.5, 0.6) is 0 Å². The van der Waals surface area contributed by atoms with Crippen LogP contribution in [0.15, 0.2) is 67.0 Å². The third kappa shape index (κ3) is 4.26. The van der Waals surface area contributed by atoms with Crippen molar-refractivity contribution >= 4 is 34.8 Å². The van der Waals surface area contributed by atoms with Gasteiger partial charge in [0.25, 0.3) is 11.8 Å². The monoisotopic (exact) mass is 365 g/mol. The van der Waals surface area contributed by atoms with E-state index >= 15 is 0 Å². The number of hydrogen-bond donors (Lipinski definition) is 2. The van der Waals surface area contributed by atoms with Gasteiger partial charge in [0, 0.05) is 34.4 Å². The van der Waals surface area contributed by atoms with Gasteiger partial charge in [-0.05, 0) is 55.0 Å². The molecule has 1 aromatic heterocycles. The molecule has 1 heterocycles. The molecule has 2 amide bonds. The van der Waals surface area contributed by atoms with Gasteiger partial charge in [-0.15, -0.1) is 0 Å². The van der Waals surface area contributed by atoms with Gasteiger partial charge < -0.3 is 10.6 Å². The number of halogens is 1. The fourth-order valence-electron chi connectivity index (χ4n) is 2.31. The van der Waals surface area contributed by atoms with Gasteiger partial charge in [-0.2, -0.15) is 0 Å². The zero-order valence-corrected chi connectivity index (χ0v) is 14.7. The van der Waals surface area contributed by atoms with Crippen molar-refractivity contribution in [3.05, 3.63) is 88.7 Å². The van der Waals surface area contributed by atoms with Crippen molar-refractivity contribution < 1.29 is 9.59 Å². The Morgan fingerprint density at radius 3 is 2.27 bits per heavy atom. The second kappa shape index (κ2) is 7.80. The molecule has 0 aliphatic rings. The number of aryl methyl sites for hydroxylation is 1. The lowest BCUT2D eigenvalue weighted by atomic mass is 10.1. The number of aromatic nitrogens is 1. The Morgan fingerprint density at radius 1 is 0.885 bits per heavy atom. The second-order valence-corrected chi connectivity index (χ2v) is 6.10. The van der Waals surface area contributed by atoms with Gasteiger partial charge in [-0.1, -0.05) is 23.7 Å². The van der Waals surface area contributed by atoms with Crippen molar-refractivity contribution in [3.63, 3.8) is 0 Å². The third-order valence-corrected chi connectivity index (χ3v) is 4.14. The molecule has 0 aliphatic heterocycles. The fourth-order valence-corrected chi connectivity index (χ4v) is 2.49. The molecule has 2 N–H and O–H groups in total. The molecule has 0 saturated carbocycles. The van der Waals surface area contributed by atoms with Crippen LogP contribution in [-0.2, 0) is 0 Å². The first-order valence-corrected chi connectivity index (χ1v) is 8.30. The number of carbonyl (C=O) groups is 2. The minimum Gasteiger partial charge on any atom is -0.322 e. The summed E-state index contributed by atoms with van der Waals surface area (Å²) in [6.07, 6.45) is 3.08. The zero-order chi connectivity index (χ0) is 18.5. The quantitative estimate of drug-likeness (QED) is 0.712. The van der Waals surface area contributed by atoms with Crippen LogP contribution < -0.4 is 10.6 Å². The Labute approximate surface area is 156 Å². The van der Waals surface area contributed by atoms with E-state index in [9.17, 15) is 9.59 Å². The molecule has 6 heteroatoms. The number of hydrogen-bond acceptors (Lipinski definition) is 3. The van der Waals surface area contributed by atoms with E-state index in [1.807, 2.05) is 13.0 Å². The van der Waals surface area contributed by atoms with Crippen molar-refractivity contribution in [2.24, 2.45) is 0 Å². The highest BCUT2D eigenvalue weighted by atomic mass is 35.5. The number of nitrogens with zero attached hydrogens (tertiary/aromatic N) is 1. The number of carbonyl (C=O) groups excluding carboxylic acids is 2. The van der Waals surface area contributed by atoms with E-state index in [0.29, 0.717) is 27.5 Å². The molecule has 0 unspecified atom stereocenters. The normalized spacial score (nSPS) is 10.2. The van der Waals surface area contributed by atoms with E-state index in [-0.39, 0.29) is 11.8 Å². The summed E-state index contributed by atoms with van der Waals surface area (Å²) < 4.78 is 0. The number of rotatable bonds is 4. The zero-order valence-electron chi connectivity index (χ0n) is 14.0. The number of amides is 2. The highest BCUT2D eigenvalue weighted by molar-refractivity contribution is 6.31. The van der Waals surface area contributed by atoms with Crippen molar-refractivity contribution in [3.8, 4) is 0 Å². The molecule has 0 radical (unpaired) electrons. The van der Waals surface area contributed by atoms with Crippen LogP contribution in [0.2, 0.25) is 5.02 Å². The Bertz CT molecular complexity index is 958. The van der Waals surface area contributed by atoms with Crippen LogP contribution in [-0.4, -0.2) is 16.8 Å². The first-order valence-electron chi connectivity index (χ1n) is 7.92. The summed E-state index contributed by atoms with van der Waals surface area (Å²) in [6.45, 7) is 1.89. The summed E-state index contributed by atoms with van der Waals surface area (Å²) in [7, 11) is 0. The summed E-state index contributed by atoms with van der Waals surface area (Å²) in [5, 5.41) is 6.13. The van der Waals surface area contributed by atoms with Crippen LogP contribution in [0.25, 0.3) is 0 Å². The number of benzene rings is 2. The van der Waals surface area contributed by atoms with Crippen molar-refractivity contribution in [1.82, 2.24) is 4.98 Å². The molecule has 0 bridgehead atoms. The van der Waals surface area contributed by atoms with Gasteiger partial charge in [0.1, 0.15) is 0 Å². The maximum atomic E-state index is 12.4. The maximum absolute atomic E-state index is 12.4. The lowest BCUT2D eigenvalue weighted by Crippen LogP contribution is -2.14. The summed E-state index contributed by atoms with van der Waals surface area (Å²) in [5.41, 5.74) is 2.93. The highest BCUT2D eigenvalue weighted by Crippen LogP contribution is 2.21. The lowest BCUT2D eigenvalue weighted by Gasteiger charge is -2.09. The molecule has 0 atom stereocenters. The van der Waals surface area contributed by atoms with E-state index in [4.69, 9.17) is 11.6 Å². The van der Waals surface area contributed by atoms with Crippen LogP contribution in [0.4, 0.5) is 11.4 Å². The predicted octanol–water partition coefficient (Wildman–Crippen LogP) is 4.55. The molecule has 5 nitrogen and oxygen atoms in total. The fraction of sp³-hybridized carbons (Fsp3) is 0.0500. The standard InChI is InChI=1S/C20H16ClN3O2/c1-13-7-8-17(11-18(13)21)24-19(25)14-4-2-6-16(10-14)23-20(26)15-5-3-9-22-12-15/h2-12H,1H3,(H,23,26)(H,24,25). The lowest BCUT2D eigenvalue weighted by molar-refractivity contribution is 0.101. The molecule has 2 aromatic carbocycles. The van der Waals surface area contributed by atoms with Gasteiger partial charge in [0.15, 0.2) is 0 Å². The first-order chi connectivity index (χ1) is 12.5. The predicted molar refractivity (Wildman–Crippen MR) is 103 cm³/mol. The van der Waals surface area contributed by atoms with Crippen molar-refractivity contribution in [1.29, 1.82) is 0 Å². The van der Waals surface area contributed by atoms with Gasteiger partial charge in [-0.25, -0.2) is 0 Å². The molecular formula is C20H16ClN3O2. The summed E-state index contributed by atoms with van der Waals surface area (Å²) in [6, 6.07) is 15.4. The van der Waals surface area contributed by atoms with Crippen LogP contribution in [0, 0.1) is 6.92 Å². The largest absolute Gasteiger partial charge is 0.322 e. The molecule has 130 valence electrons. The van der Waals surface area contributed by atoms with E-state index < -0.39 is 0 Å². The summed E-state index contributed by atoms with van der Waals surface area (Å²) >= 11 is 6.08. The van der Waals surface area contributed by atoms with Gasteiger partial charge >= 0.3 is 0 Å². The Kier molecular flexibility index (Phi) is 5.29. The summed E-state index contributed by atoms with van der Waals surface area (Å²) in [4.78, 5) is 28.5. The Hall–Kier alpha value is -3.18. The molecule has 26 heavy (non-hydrogen) atoms. The number of pyridine rings is 1. The average molecular weight is 366 g/mol. The first kappa shape index (κ1) is 17.6. The van der Waals surface area contributed by atoms with E-state index in [2.05, 4.69) is 15.6 Å². The van der Waals surface area contributed by atoms with E-state index in [1.54, 1.807) is 54.7 Å². The molecule has 3 aromatic rings. The molecular weight excluding hydrogens is 350 g/mol. The topological polar surface area (TPSA) is 71.1 Å². The highest BCUT2D eigenvalue weighted by Gasteiger charge is 2.10. The smallest absolute Gasteiger partial charge is 0.257 e. The molecule has 0 aliphatic carbocycles. The molecule has 0 spiro atoms. The number of anilines is 2. The van der Waals surface area contributed by atoms with Crippen LogP contribution >= 0.6 is 11.6 Å². The molecule has 3 rings (SSSR count).